The molecule has 0 saturated carbocycles. The molecule has 0 radical (unpaired) electrons. The van der Waals surface area contributed by atoms with E-state index in [2.05, 4.69) is 4.74 Å². The Morgan fingerprint density at radius 2 is 1.56 bits per heavy atom. The maximum absolute atomic E-state index is 12.9. The van der Waals surface area contributed by atoms with Crippen molar-refractivity contribution < 1.29 is 39.5 Å². The van der Waals surface area contributed by atoms with E-state index in [9.17, 15) is 24.9 Å². The molecule has 0 aliphatic heterocycles. The highest BCUT2D eigenvalue weighted by Crippen LogP contribution is 2.36. The Bertz CT molecular complexity index is 818. The number of ketones is 1. The smallest absolute Gasteiger partial charge is 0.338 e. The van der Waals surface area contributed by atoms with Gasteiger partial charge in [0.15, 0.2) is 0 Å². The number of aromatic hydroxyl groups is 3. The van der Waals surface area contributed by atoms with Gasteiger partial charge in [-0.2, -0.15) is 0 Å². The molecule has 132 valence electrons. The number of aliphatic hydroxyl groups is 1. The van der Waals surface area contributed by atoms with Gasteiger partial charge in [-0.25, -0.2) is 4.79 Å². The molecule has 2 aromatic carbocycles. The quantitative estimate of drug-likeness (QED) is 0.470. The van der Waals surface area contributed by atoms with Gasteiger partial charge in [-0.1, -0.05) is 0 Å². The van der Waals surface area contributed by atoms with Gasteiger partial charge in [-0.05, 0) is 23.8 Å². The monoisotopic (exact) mass is 348 g/mol. The first-order valence-corrected chi connectivity index (χ1v) is 7.03. The van der Waals surface area contributed by atoms with Gasteiger partial charge in [0.05, 0.1) is 32.0 Å². The molecule has 0 spiro atoms. The van der Waals surface area contributed by atoms with Crippen molar-refractivity contribution in [1.82, 2.24) is 0 Å². The Balaban J connectivity index is 2.74. The first-order valence-electron chi connectivity index (χ1n) is 7.03. The summed E-state index contributed by atoms with van der Waals surface area (Å²) < 4.78 is 9.64. The fourth-order valence-electron chi connectivity index (χ4n) is 2.38. The van der Waals surface area contributed by atoms with Gasteiger partial charge >= 0.3 is 5.97 Å². The summed E-state index contributed by atoms with van der Waals surface area (Å²) in [6.45, 7) is -0.453. The summed E-state index contributed by atoms with van der Waals surface area (Å²) in [5.74, 6) is -3.48. The molecular formula is C17H16O8. The highest BCUT2D eigenvalue weighted by Gasteiger charge is 2.28. The maximum Gasteiger partial charge on any atom is 0.338 e. The Hall–Kier alpha value is -3.26. The second kappa shape index (κ2) is 7.10. The molecule has 0 unspecified atom stereocenters. The highest BCUT2D eigenvalue weighted by molar-refractivity contribution is 6.18. The van der Waals surface area contributed by atoms with E-state index in [1.165, 1.54) is 7.11 Å². The number of ether oxygens (including phenoxy) is 2. The Kier molecular flexibility index (Phi) is 5.14. The molecule has 0 atom stereocenters. The van der Waals surface area contributed by atoms with Crippen molar-refractivity contribution in [3.8, 4) is 23.0 Å². The summed E-state index contributed by atoms with van der Waals surface area (Å²) in [5.41, 5.74) is -0.882. The predicted molar refractivity (Wildman–Crippen MR) is 85.1 cm³/mol. The summed E-state index contributed by atoms with van der Waals surface area (Å²) in [6, 6.07) is 4.34. The van der Waals surface area contributed by atoms with Crippen molar-refractivity contribution in [3.05, 3.63) is 46.5 Å². The predicted octanol–water partition coefficient (Wildman–Crippen LogP) is 1.32. The fourth-order valence-corrected chi connectivity index (χ4v) is 2.38. The van der Waals surface area contributed by atoms with Crippen molar-refractivity contribution in [2.75, 3.05) is 14.2 Å². The van der Waals surface area contributed by atoms with E-state index in [4.69, 9.17) is 9.84 Å². The number of rotatable bonds is 5. The molecule has 2 rings (SSSR count). The molecule has 0 heterocycles. The normalized spacial score (nSPS) is 10.4. The Morgan fingerprint density at radius 3 is 2.04 bits per heavy atom. The van der Waals surface area contributed by atoms with E-state index < -0.39 is 35.4 Å². The number of phenolic OH excluding ortho intramolecular Hbond substituents is 3. The van der Waals surface area contributed by atoms with Crippen LogP contribution >= 0.6 is 0 Å². The molecule has 0 aliphatic carbocycles. The van der Waals surface area contributed by atoms with E-state index in [1.807, 2.05) is 0 Å². The zero-order chi connectivity index (χ0) is 18.7. The van der Waals surface area contributed by atoms with Gasteiger partial charge in [0.2, 0.25) is 5.78 Å². The summed E-state index contributed by atoms with van der Waals surface area (Å²) >= 11 is 0. The zero-order valence-corrected chi connectivity index (χ0v) is 13.4. The number of hydrogen-bond acceptors (Lipinski definition) is 8. The van der Waals surface area contributed by atoms with Crippen molar-refractivity contribution in [3.63, 3.8) is 0 Å². The molecule has 2 aromatic rings. The van der Waals surface area contributed by atoms with Crippen LogP contribution in [0.25, 0.3) is 0 Å². The summed E-state index contributed by atoms with van der Waals surface area (Å²) in [4.78, 5) is 24.8. The third-order valence-electron chi connectivity index (χ3n) is 3.51. The molecule has 8 heteroatoms. The zero-order valence-electron chi connectivity index (χ0n) is 13.4. The molecule has 0 bridgehead atoms. The van der Waals surface area contributed by atoms with Crippen molar-refractivity contribution in [1.29, 1.82) is 0 Å². The first-order chi connectivity index (χ1) is 11.8. The van der Waals surface area contributed by atoms with Crippen LogP contribution < -0.4 is 4.74 Å². The highest BCUT2D eigenvalue weighted by atomic mass is 16.5. The molecular weight excluding hydrogens is 332 g/mol. The van der Waals surface area contributed by atoms with E-state index >= 15 is 0 Å². The SMILES string of the molecule is COC(=O)c1cc(O)cc(OC)c1C(=O)c1c(O)cc(CO)cc1O. The van der Waals surface area contributed by atoms with Crippen LogP contribution in [-0.2, 0) is 11.3 Å². The van der Waals surface area contributed by atoms with Gasteiger partial charge in [0.1, 0.15) is 28.6 Å². The number of esters is 1. The largest absolute Gasteiger partial charge is 0.508 e. The number of carbonyl (C=O) groups excluding carboxylic acids is 2. The summed E-state index contributed by atoms with van der Waals surface area (Å²) in [7, 11) is 2.32. The average molecular weight is 348 g/mol. The standard InChI is InChI=1S/C17H16O8/c1-24-13-6-9(19)5-10(17(23)25-2)14(13)16(22)15-11(20)3-8(7-18)4-12(15)21/h3-6,18-21H,7H2,1-2H3. The second-order valence-electron chi connectivity index (χ2n) is 5.06. The molecule has 25 heavy (non-hydrogen) atoms. The topological polar surface area (TPSA) is 134 Å². The summed E-state index contributed by atoms with van der Waals surface area (Å²) in [5, 5.41) is 38.9. The number of benzene rings is 2. The van der Waals surface area contributed by atoms with E-state index in [-0.39, 0.29) is 28.2 Å². The van der Waals surface area contributed by atoms with Crippen LogP contribution in [0.1, 0.15) is 31.8 Å². The lowest BCUT2D eigenvalue weighted by Gasteiger charge is -2.14. The van der Waals surface area contributed by atoms with Gasteiger partial charge in [-0.15, -0.1) is 0 Å². The fraction of sp³-hybridized carbons (Fsp3) is 0.176. The first kappa shape index (κ1) is 18.1. The van der Waals surface area contributed by atoms with E-state index in [0.717, 1.165) is 31.4 Å². The summed E-state index contributed by atoms with van der Waals surface area (Å²) in [6.07, 6.45) is 0. The number of aliphatic hydroxyl groups excluding tert-OH is 1. The molecule has 8 nitrogen and oxygen atoms in total. The number of phenols is 3. The molecule has 4 N–H and O–H groups in total. The lowest BCUT2D eigenvalue weighted by atomic mass is 9.94. The molecule has 0 saturated heterocycles. The van der Waals surface area contributed by atoms with Crippen LogP contribution in [0.15, 0.2) is 24.3 Å². The maximum atomic E-state index is 12.9. The Morgan fingerprint density at radius 1 is 0.960 bits per heavy atom. The van der Waals surface area contributed by atoms with Crippen molar-refractivity contribution >= 4 is 11.8 Å². The molecule has 0 fully saturated rings. The van der Waals surface area contributed by atoms with E-state index in [0.29, 0.717) is 0 Å². The van der Waals surface area contributed by atoms with Gasteiger partial charge in [0, 0.05) is 6.07 Å². The van der Waals surface area contributed by atoms with Crippen molar-refractivity contribution in [2.45, 2.75) is 6.61 Å². The van der Waals surface area contributed by atoms with Crippen molar-refractivity contribution in [2.24, 2.45) is 0 Å². The van der Waals surface area contributed by atoms with Crippen LogP contribution in [0, 0.1) is 0 Å². The van der Waals surface area contributed by atoms with E-state index in [1.54, 1.807) is 0 Å². The second-order valence-corrected chi connectivity index (χ2v) is 5.06. The van der Waals surface area contributed by atoms with Crippen LogP contribution in [0.3, 0.4) is 0 Å². The number of carbonyl (C=O) groups is 2. The van der Waals surface area contributed by atoms with Crippen LogP contribution in [0.2, 0.25) is 0 Å². The van der Waals surface area contributed by atoms with Crippen LogP contribution in [0.5, 0.6) is 23.0 Å². The number of hydrogen-bond donors (Lipinski definition) is 4. The van der Waals surface area contributed by atoms with Gasteiger partial charge in [-0.3, -0.25) is 4.79 Å². The van der Waals surface area contributed by atoms with Gasteiger partial charge < -0.3 is 29.9 Å². The third-order valence-corrected chi connectivity index (χ3v) is 3.51. The average Bonchev–Trinajstić information content (AvgIpc) is 2.59. The molecule has 0 aliphatic rings. The molecule has 0 amide bonds. The van der Waals surface area contributed by atoms with Gasteiger partial charge in [0.25, 0.3) is 0 Å². The minimum Gasteiger partial charge on any atom is -0.508 e. The third kappa shape index (κ3) is 3.33. The lowest BCUT2D eigenvalue weighted by Crippen LogP contribution is -2.13. The Labute approximate surface area is 142 Å². The molecule has 0 aromatic heterocycles. The van der Waals surface area contributed by atoms with Crippen LogP contribution in [0.4, 0.5) is 0 Å². The van der Waals surface area contributed by atoms with Crippen LogP contribution in [-0.4, -0.2) is 46.4 Å². The minimum atomic E-state index is -0.920. The number of methoxy groups -OCH3 is 2. The lowest BCUT2D eigenvalue weighted by molar-refractivity contribution is 0.0596. The minimum absolute atomic E-state index is 0.143.